The molecule has 0 heterocycles. The Morgan fingerprint density at radius 2 is 0.887 bits per heavy atom. The molecule has 308 valence electrons. The molecule has 0 nitrogen and oxygen atoms in total. The van der Waals surface area contributed by atoms with Crippen LogP contribution in [-0.2, 0) is 35.1 Å². The van der Waals surface area contributed by atoms with Crippen LogP contribution in [0.1, 0.15) is 70.2 Å². The molecular weight excluding hydrogens is 871 g/mol. The van der Waals surface area contributed by atoms with Gasteiger partial charge in [-0.15, -0.1) is 46.2 Å². The van der Waals surface area contributed by atoms with E-state index < -0.39 is 0 Å². The fraction of sp³-hybridized carbons (Fsp3) is 0.153. The van der Waals surface area contributed by atoms with Crippen LogP contribution in [0.15, 0.2) is 194 Å². The summed E-state index contributed by atoms with van der Waals surface area (Å²) < 4.78 is 1.41. The number of hydrogen-bond acceptors (Lipinski definition) is 0. The third-order valence-corrected chi connectivity index (χ3v) is 12.8. The van der Waals surface area contributed by atoms with Gasteiger partial charge in [0.25, 0.3) is 0 Å². The summed E-state index contributed by atoms with van der Waals surface area (Å²) >= 11 is 1.44. The molecule has 0 N–H and O–H groups in total. The van der Waals surface area contributed by atoms with Crippen molar-refractivity contribution in [1.29, 1.82) is 0 Å². The van der Waals surface area contributed by atoms with Crippen molar-refractivity contribution in [2.24, 2.45) is 0 Å². The third kappa shape index (κ3) is 10.4. The summed E-state index contributed by atoms with van der Waals surface area (Å²) in [6, 6.07) is 64.3. The molecule has 0 fully saturated rings. The van der Waals surface area contributed by atoms with E-state index >= 15 is 0 Å². The summed E-state index contributed by atoms with van der Waals surface area (Å²) in [5.41, 5.74) is 10.8. The van der Waals surface area contributed by atoms with E-state index in [0.29, 0.717) is 0 Å². The van der Waals surface area contributed by atoms with E-state index in [1.165, 1.54) is 115 Å². The molecule has 9 aromatic carbocycles. The van der Waals surface area contributed by atoms with Gasteiger partial charge in [0.05, 0.1) is 0 Å². The number of allylic oxidation sites excluding steroid dienone is 4. The van der Waals surface area contributed by atoms with E-state index in [1.54, 1.807) is 0 Å². The first-order chi connectivity index (χ1) is 28.9. The molecule has 3 heteroatoms. The average molecular weight is 923 g/mol. The Morgan fingerprint density at radius 3 is 1.24 bits per heavy atom. The molecule has 1 aliphatic rings. The Hall–Kier alpha value is -5.04. The van der Waals surface area contributed by atoms with Crippen molar-refractivity contribution in [3.05, 3.63) is 222 Å². The van der Waals surface area contributed by atoms with E-state index in [1.807, 2.05) is 12.2 Å². The van der Waals surface area contributed by atoms with E-state index in [4.69, 9.17) is 0 Å². The van der Waals surface area contributed by atoms with Gasteiger partial charge in [0, 0.05) is 0 Å². The zero-order valence-corrected chi connectivity index (χ0v) is 40.4. The predicted octanol–water partition coefficient (Wildman–Crippen LogP) is 10.1. The van der Waals surface area contributed by atoms with Crippen LogP contribution >= 0.6 is 0 Å². The van der Waals surface area contributed by atoms with Crippen molar-refractivity contribution in [2.75, 3.05) is 0 Å². The second kappa shape index (κ2) is 20.0. The van der Waals surface area contributed by atoms with Crippen LogP contribution in [0.5, 0.6) is 0 Å². The number of halogens is 2. The maximum absolute atomic E-state index is 2.99. The van der Waals surface area contributed by atoms with Crippen LogP contribution in [-0.4, -0.2) is 3.21 Å². The van der Waals surface area contributed by atoms with Gasteiger partial charge >= 0.3 is 145 Å². The van der Waals surface area contributed by atoms with Crippen LogP contribution in [0.2, 0.25) is 0 Å². The molecule has 0 aromatic heterocycles. The molecule has 0 atom stereocenters. The molecule has 0 bridgehead atoms. The zero-order valence-electron chi connectivity index (χ0n) is 36.4. The molecule has 0 saturated carbocycles. The number of rotatable bonds is 4. The average Bonchev–Trinajstić information content (AvgIpc) is 3.97. The molecular formula is C59H52Cl2Zr-2. The SMILES string of the molecule is CC(C)(C)c1cc2c(cc1-c1ccccc1)[cH-]c1cc(-c3ccccc3)c(C(C)(C)C)cc12.[C-]1=CC=CC1.[Cl-].[Cl-].[Zr+2]=[C](c1ccc2ccccc2c1)c1ccc2ccccc2c1. The molecule has 0 amide bonds. The first-order valence-electron chi connectivity index (χ1n) is 21.1. The van der Waals surface area contributed by atoms with Gasteiger partial charge in [-0.3, -0.25) is 6.08 Å². The molecule has 1 aliphatic carbocycles. The minimum atomic E-state index is 0. The summed E-state index contributed by atoms with van der Waals surface area (Å²) in [5, 5.41) is 10.6. The van der Waals surface area contributed by atoms with Crippen molar-refractivity contribution < 1.29 is 49.0 Å². The first kappa shape index (κ1) is 46.5. The molecule has 0 spiro atoms. The van der Waals surface area contributed by atoms with Gasteiger partial charge in [0.1, 0.15) is 0 Å². The summed E-state index contributed by atoms with van der Waals surface area (Å²) in [5.74, 6) is 0. The van der Waals surface area contributed by atoms with Gasteiger partial charge in [0.2, 0.25) is 0 Å². The standard InChI is InChI=1S/C33H33.C21H14.C5H5.2ClH.Zr/c1-32(2,3)30-20-26-24(18-28(30)22-13-9-7-10-14-22)17-25-19-29(23-15-11-8-12-16-23)31(21-27(25)26)33(4,5)6;1-3-7-20-14-16(9-11-18(20)5-1)13-17-10-12-19-6-2-4-8-21(19)15-17;1-2-4-5-3-1;;;/h7-21H,1-6H3;1-12,14-15H;1-3H,4H2;2*1H;/q-1;;-1;;;+2/p-2. The Balaban J connectivity index is 0.000000190. The van der Waals surface area contributed by atoms with Crippen LogP contribution in [0.3, 0.4) is 0 Å². The van der Waals surface area contributed by atoms with Crippen molar-refractivity contribution in [1.82, 2.24) is 0 Å². The van der Waals surface area contributed by atoms with Crippen LogP contribution < -0.4 is 24.8 Å². The Labute approximate surface area is 395 Å². The Morgan fingerprint density at radius 1 is 0.484 bits per heavy atom. The second-order valence-electron chi connectivity index (χ2n) is 17.8. The van der Waals surface area contributed by atoms with Gasteiger partial charge in [-0.05, 0) is 44.2 Å². The van der Waals surface area contributed by atoms with E-state index in [-0.39, 0.29) is 35.6 Å². The molecule has 0 unspecified atom stereocenters. The second-order valence-corrected chi connectivity index (χ2v) is 19.1. The van der Waals surface area contributed by atoms with Crippen molar-refractivity contribution in [3.63, 3.8) is 0 Å². The van der Waals surface area contributed by atoms with E-state index in [9.17, 15) is 0 Å². The predicted molar refractivity (Wildman–Crippen MR) is 258 cm³/mol. The summed E-state index contributed by atoms with van der Waals surface area (Å²) in [4.78, 5) is 0. The summed E-state index contributed by atoms with van der Waals surface area (Å²) in [6.45, 7) is 13.9. The number of benzene rings is 8. The topological polar surface area (TPSA) is 0 Å². The molecule has 10 rings (SSSR count). The fourth-order valence-electron chi connectivity index (χ4n) is 8.26. The minimum absolute atomic E-state index is 0. The molecule has 0 saturated heterocycles. The molecule has 9 aromatic rings. The quantitative estimate of drug-likeness (QED) is 0.154. The number of fused-ring (bicyclic) bond motifs is 5. The Kier molecular flexibility index (Phi) is 15.0. The number of hydrogen-bond donors (Lipinski definition) is 0. The summed E-state index contributed by atoms with van der Waals surface area (Å²) in [6.07, 6.45) is 10.0. The fourth-order valence-corrected chi connectivity index (χ4v) is 9.02. The van der Waals surface area contributed by atoms with Gasteiger partial charge in [-0.2, -0.15) is 6.08 Å². The molecule has 0 aliphatic heterocycles. The van der Waals surface area contributed by atoms with Crippen molar-refractivity contribution in [2.45, 2.75) is 58.8 Å². The zero-order chi connectivity index (χ0) is 41.9. The monoisotopic (exact) mass is 920 g/mol. The maximum atomic E-state index is 2.99. The normalized spacial score (nSPS) is 12.0. The van der Waals surface area contributed by atoms with Crippen molar-refractivity contribution >= 4 is 46.3 Å². The van der Waals surface area contributed by atoms with Crippen LogP contribution in [0.25, 0.3) is 65.3 Å². The van der Waals surface area contributed by atoms with Gasteiger partial charge < -0.3 is 24.8 Å². The van der Waals surface area contributed by atoms with Crippen LogP contribution in [0.4, 0.5) is 0 Å². The molecule has 62 heavy (non-hydrogen) atoms. The Bertz CT molecular complexity index is 2820. The molecule has 0 radical (unpaired) electrons. The summed E-state index contributed by atoms with van der Waals surface area (Å²) in [7, 11) is 0. The van der Waals surface area contributed by atoms with Crippen LogP contribution in [0, 0.1) is 6.08 Å². The van der Waals surface area contributed by atoms with Gasteiger partial charge in [0.15, 0.2) is 0 Å². The van der Waals surface area contributed by atoms with E-state index in [2.05, 4.69) is 230 Å². The van der Waals surface area contributed by atoms with Gasteiger partial charge in [-0.1, -0.05) is 114 Å². The third-order valence-electron chi connectivity index (χ3n) is 11.4. The van der Waals surface area contributed by atoms with Gasteiger partial charge in [-0.25, -0.2) is 12.2 Å². The van der Waals surface area contributed by atoms with E-state index in [0.717, 1.165) is 6.42 Å². The first-order valence-corrected chi connectivity index (χ1v) is 22.3. The van der Waals surface area contributed by atoms with Crippen molar-refractivity contribution in [3.8, 4) is 22.3 Å².